The first-order valence-corrected chi connectivity index (χ1v) is 4.22. The molecular weight excluding hydrogens is 184 g/mol. The van der Waals surface area contributed by atoms with Gasteiger partial charge in [0.05, 0.1) is 18.9 Å². The number of hydrogen-bond acceptors (Lipinski definition) is 5. The first kappa shape index (κ1) is 10.3. The molecule has 0 fully saturated rings. The lowest BCUT2D eigenvalue weighted by molar-refractivity contribution is -0.145. The molecule has 0 radical (unpaired) electrons. The molecule has 1 aromatic heterocycles. The molecule has 0 saturated heterocycles. The summed E-state index contributed by atoms with van der Waals surface area (Å²) in [5, 5.41) is 12.2. The Morgan fingerprint density at radius 1 is 1.86 bits per heavy atom. The maximum atomic E-state index is 11.2. The second-order valence-electron chi connectivity index (χ2n) is 2.67. The van der Waals surface area contributed by atoms with E-state index < -0.39 is 11.9 Å². The molecule has 0 spiro atoms. The Morgan fingerprint density at radius 2 is 2.64 bits per heavy atom. The van der Waals surface area contributed by atoms with E-state index in [1.165, 1.54) is 12.5 Å². The molecule has 14 heavy (non-hydrogen) atoms. The molecule has 0 aromatic carbocycles. The number of ether oxygens (including phenoxy) is 1. The molecule has 1 rings (SSSR count). The molecule has 1 atom stereocenters. The first-order valence-electron chi connectivity index (χ1n) is 4.22. The standard InChI is InChI=1S/C9H10N2O3/c1-2-13-9(12)8(4-10)3-7-5-11-14-6-7/h5-6,8H,2-3H2,1H3. The SMILES string of the molecule is CCOC(=O)C(C#N)Cc1cnoc1. The Hall–Kier alpha value is -1.83. The number of rotatable bonds is 4. The van der Waals surface area contributed by atoms with Gasteiger partial charge in [0.2, 0.25) is 0 Å². The Labute approximate surface area is 81.3 Å². The predicted octanol–water partition coefficient (Wildman–Crippen LogP) is 0.920. The van der Waals surface area contributed by atoms with Gasteiger partial charge in [0.1, 0.15) is 12.2 Å². The molecule has 1 unspecified atom stereocenters. The smallest absolute Gasteiger partial charge is 0.323 e. The average molecular weight is 194 g/mol. The molecule has 0 aliphatic carbocycles. The average Bonchev–Trinajstić information content (AvgIpc) is 2.66. The first-order chi connectivity index (χ1) is 6.77. The summed E-state index contributed by atoms with van der Waals surface area (Å²) in [6, 6.07) is 1.88. The molecule has 5 heteroatoms. The zero-order chi connectivity index (χ0) is 10.4. The number of nitriles is 1. The van der Waals surface area contributed by atoms with Crippen molar-refractivity contribution in [3.05, 3.63) is 18.0 Å². The fraction of sp³-hybridized carbons (Fsp3) is 0.444. The van der Waals surface area contributed by atoms with E-state index in [9.17, 15) is 4.79 Å². The topological polar surface area (TPSA) is 76.1 Å². The van der Waals surface area contributed by atoms with Crippen molar-refractivity contribution in [2.24, 2.45) is 5.92 Å². The summed E-state index contributed by atoms with van der Waals surface area (Å²) in [6.45, 7) is 1.98. The van der Waals surface area contributed by atoms with Crippen LogP contribution in [0.3, 0.4) is 0 Å². The van der Waals surface area contributed by atoms with Crippen LogP contribution in [0.5, 0.6) is 0 Å². The normalized spacial score (nSPS) is 11.7. The van der Waals surface area contributed by atoms with Crippen molar-refractivity contribution in [2.75, 3.05) is 6.61 Å². The largest absolute Gasteiger partial charge is 0.465 e. The zero-order valence-electron chi connectivity index (χ0n) is 7.77. The Morgan fingerprint density at radius 3 is 3.14 bits per heavy atom. The molecule has 74 valence electrons. The van der Waals surface area contributed by atoms with Crippen LogP contribution >= 0.6 is 0 Å². The summed E-state index contributed by atoms with van der Waals surface area (Å²) in [7, 11) is 0. The second-order valence-corrected chi connectivity index (χ2v) is 2.67. The number of hydrogen-bond donors (Lipinski definition) is 0. The van der Waals surface area contributed by atoms with Gasteiger partial charge in [-0.15, -0.1) is 0 Å². The van der Waals surface area contributed by atoms with Crippen LogP contribution in [0.25, 0.3) is 0 Å². The quantitative estimate of drug-likeness (QED) is 0.666. The molecule has 5 nitrogen and oxygen atoms in total. The minimum atomic E-state index is -0.783. The van der Waals surface area contributed by atoms with Crippen molar-refractivity contribution >= 4 is 5.97 Å². The number of nitrogens with zero attached hydrogens (tertiary/aromatic N) is 2. The highest BCUT2D eigenvalue weighted by Crippen LogP contribution is 2.08. The van der Waals surface area contributed by atoms with Crippen LogP contribution in [0.1, 0.15) is 12.5 Å². The van der Waals surface area contributed by atoms with Crippen molar-refractivity contribution in [1.82, 2.24) is 5.16 Å². The summed E-state index contributed by atoms with van der Waals surface area (Å²) in [6.07, 6.45) is 3.16. The van der Waals surface area contributed by atoms with Gasteiger partial charge in [0.25, 0.3) is 0 Å². The van der Waals surface area contributed by atoms with E-state index in [0.717, 1.165) is 0 Å². The van der Waals surface area contributed by atoms with Crippen LogP contribution in [-0.2, 0) is 16.0 Å². The van der Waals surface area contributed by atoms with E-state index in [4.69, 9.17) is 10.00 Å². The fourth-order valence-electron chi connectivity index (χ4n) is 0.988. The van der Waals surface area contributed by atoms with Crippen molar-refractivity contribution < 1.29 is 14.1 Å². The van der Waals surface area contributed by atoms with Gasteiger partial charge in [0.15, 0.2) is 0 Å². The lowest BCUT2D eigenvalue weighted by Gasteiger charge is -2.05. The second kappa shape index (κ2) is 5.02. The van der Waals surface area contributed by atoms with E-state index >= 15 is 0 Å². The van der Waals surface area contributed by atoms with Crippen molar-refractivity contribution in [3.63, 3.8) is 0 Å². The Balaban J connectivity index is 2.56. The minimum Gasteiger partial charge on any atom is -0.465 e. The van der Waals surface area contributed by atoms with E-state index in [0.29, 0.717) is 5.56 Å². The number of carbonyl (C=O) groups is 1. The van der Waals surface area contributed by atoms with Gasteiger partial charge < -0.3 is 9.26 Å². The van der Waals surface area contributed by atoms with Crippen LogP contribution in [0.2, 0.25) is 0 Å². The summed E-state index contributed by atoms with van der Waals surface area (Å²) in [5.41, 5.74) is 0.713. The number of aromatic nitrogens is 1. The third kappa shape index (κ3) is 2.59. The van der Waals surface area contributed by atoms with Crippen LogP contribution < -0.4 is 0 Å². The molecule has 0 aliphatic rings. The maximum Gasteiger partial charge on any atom is 0.323 e. The lowest BCUT2D eigenvalue weighted by Crippen LogP contribution is -2.18. The van der Waals surface area contributed by atoms with E-state index in [2.05, 4.69) is 9.68 Å². The predicted molar refractivity (Wildman–Crippen MR) is 45.9 cm³/mol. The fourth-order valence-corrected chi connectivity index (χ4v) is 0.988. The van der Waals surface area contributed by atoms with Crippen LogP contribution in [0.4, 0.5) is 0 Å². The van der Waals surface area contributed by atoms with Crippen molar-refractivity contribution in [2.45, 2.75) is 13.3 Å². The van der Waals surface area contributed by atoms with Crippen LogP contribution in [0.15, 0.2) is 17.0 Å². The summed E-state index contributed by atoms with van der Waals surface area (Å²) in [4.78, 5) is 11.2. The van der Waals surface area contributed by atoms with Crippen molar-refractivity contribution in [1.29, 1.82) is 5.26 Å². The molecule has 0 aliphatic heterocycles. The number of esters is 1. The zero-order valence-corrected chi connectivity index (χ0v) is 7.77. The van der Waals surface area contributed by atoms with Gasteiger partial charge in [-0.1, -0.05) is 5.16 Å². The van der Waals surface area contributed by atoms with Crippen molar-refractivity contribution in [3.8, 4) is 6.07 Å². The molecule has 1 heterocycles. The van der Waals surface area contributed by atoms with E-state index in [1.54, 1.807) is 6.92 Å². The summed E-state index contributed by atoms with van der Waals surface area (Å²) >= 11 is 0. The van der Waals surface area contributed by atoms with Crippen LogP contribution in [-0.4, -0.2) is 17.7 Å². The molecule has 0 bridgehead atoms. The van der Waals surface area contributed by atoms with Gasteiger partial charge in [-0.3, -0.25) is 4.79 Å². The Bertz CT molecular complexity index is 326. The molecule has 0 N–H and O–H groups in total. The third-order valence-corrected chi connectivity index (χ3v) is 1.65. The number of carbonyl (C=O) groups excluding carboxylic acids is 1. The maximum absolute atomic E-state index is 11.2. The highest BCUT2D eigenvalue weighted by atomic mass is 16.5. The molecule has 0 saturated carbocycles. The monoisotopic (exact) mass is 194 g/mol. The van der Waals surface area contributed by atoms with E-state index in [-0.39, 0.29) is 13.0 Å². The van der Waals surface area contributed by atoms with E-state index in [1.807, 2.05) is 6.07 Å². The molecular formula is C9H10N2O3. The summed E-state index contributed by atoms with van der Waals surface area (Å²) < 4.78 is 9.32. The minimum absolute atomic E-state index is 0.277. The van der Waals surface area contributed by atoms with Gasteiger partial charge in [-0.05, 0) is 6.92 Å². The third-order valence-electron chi connectivity index (χ3n) is 1.65. The molecule has 1 aromatic rings. The highest BCUT2D eigenvalue weighted by Gasteiger charge is 2.20. The lowest BCUT2D eigenvalue weighted by atomic mass is 10.0. The highest BCUT2D eigenvalue weighted by molar-refractivity contribution is 5.75. The van der Waals surface area contributed by atoms with Gasteiger partial charge >= 0.3 is 5.97 Å². The van der Waals surface area contributed by atoms with Gasteiger partial charge in [0, 0.05) is 12.0 Å². The van der Waals surface area contributed by atoms with Gasteiger partial charge in [-0.25, -0.2) is 0 Å². The van der Waals surface area contributed by atoms with Gasteiger partial charge in [-0.2, -0.15) is 5.26 Å². The Kier molecular flexibility index (Phi) is 3.68. The van der Waals surface area contributed by atoms with Crippen LogP contribution in [0, 0.1) is 17.2 Å². The summed E-state index contributed by atoms with van der Waals surface area (Å²) in [5.74, 6) is -1.29. The molecule has 0 amide bonds.